The zero-order chi connectivity index (χ0) is 18.8. The van der Waals surface area contributed by atoms with Crippen molar-refractivity contribution in [2.24, 2.45) is 5.73 Å². The molecule has 0 saturated carbocycles. The Morgan fingerprint density at radius 3 is 2.73 bits per heavy atom. The molecule has 1 aliphatic rings. The summed E-state index contributed by atoms with van der Waals surface area (Å²) in [6.07, 6.45) is 0.0644. The molecule has 0 saturated heterocycles. The van der Waals surface area contributed by atoms with Crippen LogP contribution in [0.1, 0.15) is 36.7 Å². The highest BCUT2D eigenvalue weighted by Crippen LogP contribution is 2.37. The minimum Gasteiger partial charge on any atom is -0.453 e. The normalized spacial score (nSPS) is 13.1. The molecule has 0 aliphatic carbocycles. The second-order valence-electron chi connectivity index (χ2n) is 6.04. The summed E-state index contributed by atoms with van der Waals surface area (Å²) in [7, 11) is 1.33. The number of carbonyl (C=O) groups excluding carboxylic acids is 3. The Hall–Kier alpha value is -2.87. The molecule has 136 valence electrons. The molecule has 0 atom stereocenters. The Bertz CT molecular complexity index is 891. The molecular weight excluding hydrogens is 354 g/mol. The first-order valence-electron chi connectivity index (χ1n) is 8.06. The number of benzene rings is 1. The summed E-state index contributed by atoms with van der Waals surface area (Å²) in [5, 5.41) is 3.21. The Morgan fingerprint density at radius 1 is 1.31 bits per heavy atom. The van der Waals surface area contributed by atoms with Gasteiger partial charge in [-0.05, 0) is 31.0 Å². The number of nitrogens with two attached hydrogens (primary N) is 1. The maximum absolute atomic E-state index is 12.5. The fourth-order valence-corrected chi connectivity index (χ4v) is 4.26. The summed E-state index contributed by atoms with van der Waals surface area (Å²) < 4.78 is 4.75. The largest absolute Gasteiger partial charge is 0.453 e. The van der Waals surface area contributed by atoms with Crippen molar-refractivity contribution in [1.82, 2.24) is 4.90 Å². The first kappa shape index (κ1) is 17.9. The van der Waals surface area contributed by atoms with Crippen LogP contribution in [0.3, 0.4) is 0 Å². The van der Waals surface area contributed by atoms with Crippen LogP contribution in [0.15, 0.2) is 24.3 Å². The lowest BCUT2D eigenvalue weighted by Gasteiger charge is -2.25. The van der Waals surface area contributed by atoms with Crippen LogP contribution in [0, 0.1) is 6.92 Å². The molecule has 1 aromatic heterocycles. The highest BCUT2D eigenvalue weighted by molar-refractivity contribution is 7.17. The van der Waals surface area contributed by atoms with E-state index in [0.717, 1.165) is 16.0 Å². The SMILES string of the molecule is COC(=O)N1CCc2c(sc(NC(=O)c3cccc(C)c3)c2C(N)=O)C1. The molecule has 3 N–H and O–H groups in total. The number of nitrogens with zero attached hydrogens (tertiary/aromatic N) is 1. The molecule has 3 rings (SSSR count). The standard InChI is InChI=1S/C18H19N3O4S/c1-10-4-3-5-11(8-10)16(23)20-17-14(15(19)22)12-6-7-21(18(24)25-2)9-13(12)26-17/h3-5,8H,6-7,9H2,1-2H3,(H2,19,22)(H,20,23). The van der Waals surface area contributed by atoms with Gasteiger partial charge in [-0.3, -0.25) is 9.59 Å². The van der Waals surface area contributed by atoms with E-state index >= 15 is 0 Å². The molecule has 0 unspecified atom stereocenters. The summed E-state index contributed by atoms with van der Waals surface area (Å²) in [5.74, 6) is -0.895. The zero-order valence-corrected chi connectivity index (χ0v) is 15.3. The van der Waals surface area contributed by atoms with E-state index < -0.39 is 12.0 Å². The lowest BCUT2D eigenvalue weighted by Crippen LogP contribution is -2.35. The van der Waals surface area contributed by atoms with E-state index in [2.05, 4.69) is 5.32 Å². The van der Waals surface area contributed by atoms with Crippen molar-refractivity contribution in [2.45, 2.75) is 19.9 Å². The van der Waals surface area contributed by atoms with Crippen LogP contribution in [0.5, 0.6) is 0 Å². The molecule has 0 radical (unpaired) electrons. The van der Waals surface area contributed by atoms with Crippen molar-refractivity contribution in [3.05, 3.63) is 51.4 Å². The number of fused-ring (bicyclic) bond motifs is 1. The number of thiophene rings is 1. The van der Waals surface area contributed by atoms with E-state index in [1.165, 1.54) is 18.4 Å². The third-order valence-corrected chi connectivity index (χ3v) is 5.38. The second-order valence-corrected chi connectivity index (χ2v) is 7.14. The molecule has 1 aromatic carbocycles. The predicted molar refractivity (Wildman–Crippen MR) is 98.5 cm³/mol. The highest BCUT2D eigenvalue weighted by Gasteiger charge is 2.29. The fraction of sp³-hybridized carbons (Fsp3) is 0.278. The van der Waals surface area contributed by atoms with E-state index in [4.69, 9.17) is 10.5 Å². The number of hydrogen-bond donors (Lipinski definition) is 2. The van der Waals surface area contributed by atoms with Gasteiger partial charge in [0.2, 0.25) is 0 Å². The smallest absolute Gasteiger partial charge is 0.409 e. The Morgan fingerprint density at radius 2 is 2.08 bits per heavy atom. The van der Waals surface area contributed by atoms with Gasteiger partial charge >= 0.3 is 6.09 Å². The maximum Gasteiger partial charge on any atom is 0.409 e. The van der Waals surface area contributed by atoms with Crippen LogP contribution in [-0.4, -0.2) is 36.5 Å². The van der Waals surface area contributed by atoms with Crippen molar-refractivity contribution in [2.75, 3.05) is 19.0 Å². The number of ether oxygens (including phenoxy) is 1. The van der Waals surface area contributed by atoms with E-state index in [9.17, 15) is 14.4 Å². The van der Waals surface area contributed by atoms with Gasteiger partial charge in [-0.2, -0.15) is 0 Å². The quantitative estimate of drug-likeness (QED) is 0.863. The summed E-state index contributed by atoms with van der Waals surface area (Å²) in [6.45, 7) is 2.66. The Labute approximate surface area is 154 Å². The first-order chi connectivity index (χ1) is 12.4. The molecular formula is C18H19N3O4S. The number of amides is 3. The van der Waals surface area contributed by atoms with Gasteiger partial charge in [0.25, 0.3) is 11.8 Å². The highest BCUT2D eigenvalue weighted by atomic mass is 32.1. The van der Waals surface area contributed by atoms with Crippen molar-refractivity contribution in [3.63, 3.8) is 0 Å². The molecule has 2 aromatic rings. The third-order valence-electron chi connectivity index (χ3n) is 4.24. The number of anilines is 1. The molecule has 1 aliphatic heterocycles. The molecule has 7 nitrogen and oxygen atoms in total. The predicted octanol–water partition coefficient (Wildman–Crippen LogP) is 2.53. The summed E-state index contributed by atoms with van der Waals surface area (Å²) >= 11 is 1.27. The molecule has 0 fully saturated rings. The number of primary amides is 1. The average Bonchev–Trinajstić information content (AvgIpc) is 2.97. The maximum atomic E-state index is 12.5. The fourth-order valence-electron chi connectivity index (χ4n) is 3.00. The van der Waals surface area contributed by atoms with Crippen LogP contribution in [0.2, 0.25) is 0 Å². The monoisotopic (exact) mass is 373 g/mol. The van der Waals surface area contributed by atoms with E-state index in [0.29, 0.717) is 35.6 Å². The summed E-state index contributed by atoms with van der Waals surface area (Å²) in [4.78, 5) is 38.6. The number of hydrogen-bond acceptors (Lipinski definition) is 5. The van der Waals surface area contributed by atoms with E-state index in [1.54, 1.807) is 23.1 Å². The average molecular weight is 373 g/mol. The minimum absolute atomic E-state index is 0.306. The first-order valence-corrected chi connectivity index (χ1v) is 8.87. The number of rotatable bonds is 3. The lowest BCUT2D eigenvalue weighted by molar-refractivity contribution is 0.0999. The van der Waals surface area contributed by atoms with Crippen molar-refractivity contribution < 1.29 is 19.1 Å². The number of aryl methyl sites for hydroxylation is 1. The van der Waals surface area contributed by atoms with E-state index in [1.807, 2.05) is 13.0 Å². The van der Waals surface area contributed by atoms with Crippen LogP contribution < -0.4 is 11.1 Å². The number of nitrogens with one attached hydrogen (secondary N) is 1. The summed E-state index contributed by atoms with van der Waals surface area (Å²) in [6, 6.07) is 7.17. The number of methoxy groups -OCH3 is 1. The third kappa shape index (κ3) is 3.41. The van der Waals surface area contributed by atoms with Gasteiger partial charge < -0.3 is 20.7 Å². The van der Waals surface area contributed by atoms with Gasteiger partial charge in [-0.1, -0.05) is 17.7 Å². The Balaban J connectivity index is 1.91. The van der Waals surface area contributed by atoms with Gasteiger partial charge in [0.05, 0.1) is 19.2 Å². The van der Waals surface area contributed by atoms with Gasteiger partial charge in [-0.25, -0.2) is 4.79 Å². The molecule has 2 heterocycles. The molecule has 8 heteroatoms. The Kier molecular flexibility index (Phi) is 4.94. The molecule has 3 amide bonds. The van der Waals surface area contributed by atoms with Crippen LogP contribution in [0.4, 0.5) is 9.80 Å². The van der Waals surface area contributed by atoms with Crippen molar-refractivity contribution in [3.8, 4) is 0 Å². The van der Waals surface area contributed by atoms with Crippen LogP contribution >= 0.6 is 11.3 Å². The molecule has 0 bridgehead atoms. The second kappa shape index (κ2) is 7.17. The van der Waals surface area contributed by atoms with Crippen molar-refractivity contribution >= 4 is 34.2 Å². The van der Waals surface area contributed by atoms with E-state index in [-0.39, 0.29) is 5.91 Å². The molecule has 26 heavy (non-hydrogen) atoms. The van der Waals surface area contributed by atoms with Crippen LogP contribution in [0.25, 0.3) is 0 Å². The van der Waals surface area contributed by atoms with Crippen molar-refractivity contribution in [1.29, 1.82) is 0 Å². The zero-order valence-electron chi connectivity index (χ0n) is 14.5. The van der Waals surface area contributed by atoms with Gasteiger partial charge in [0.1, 0.15) is 5.00 Å². The van der Waals surface area contributed by atoms with Crippen LogP contribution in [-0.2, 0) is 17.7 Å². The van der Waals surface area contributed by atoms with Gasteiger partial charge in [0.15, 0.2) is 0 Å². The summed E-state index contributed by atoms with van der Waals surface area (Å²) in [5.41, 5.74) is 8.14. The van der Waals surface area contributed by atoms with Gasteiger partial charge in [-0.15, -0.1) is 11.3 Å². The topological polar surface area (TPSA) is 102 Å². The van der Waals surface area contributed by atoms with Gasteiger partial charge in [0, 0.05) is 17.0 Å². The minimum atomic E-state index is -0.589. The number of carbonyl (C=O) groups is 3. The molecule has 0 spiro atoms. The lowest BCUT2D eigenvalue weighted by atomic mass is 10.0.